The Labute approximate surface area is 120 Å². The fraction of sp³-hybridized carbons (Fsp3) is 0.714. The molecule has 112 valence electrons. The molecule has 1 aromatic rings. The third-order valence-electron chi connectivity index (χ3n) is 3.55. The molecule has 1 fully saturated rings. The van der Waals surface area contributed by atoms with Crippen LogP contribution in [0.4, 0.5) is 11.6 Å². The second-order valence-electron chi connectivity index (χ2n) is 5.15. The van der Waals surface area contributed by atoms with Gasteiger partial charge in [-0.25, -0.2) is 9.97 Å². The summed E-state index contributed by atoms with van der Waals surface area (Å²) in [4.78, 5) is 11.1. The van der Waals surface area contributed by atoms with Gasteiger partial charge >= 0.3 is 0 Å². The van der Waals surface area contributed by atoms with E-state index in [0.717, 1.165) is 44.2 Å². The summed E-state index contributed by atoms with van der Waals surface area (Å²) in [6.07, 6.45) is 2.25. The number of nitrogens with one attached hydrogen (secondary N) is 1. The Bertz CT molecular complexity index is 422. The Balaban J connectivity index is 2.06. The van der Waals surface area contributed by atoms with Crippen molar-refractivity contribution in [2.75, 3.05) is 51.2 Å². The second-order valence-corrected chi connectivity index (χ2v) is 5.15. The highest BCUT2D eigenvalue weighted by Crippen LogP contribution is 2.20. The zero-order chi connectivity index (χ0) is 14.4. The first-order valence-corrected chi connectivity index (χ1v) is 7.06. The Kier molecular flexibility index (Phi) is 5.55. The molecule has 0 aromatic carbocycles. The van der Waals surface area contributed by atoms with Crippen LogP contribution in [0.3, 0.4) is 0 Å². The molecule has 0 bridgehead atoms. The summed E-state index contributed by atoms with van der Waals surface area (Å²) in [5.41, 5.74) is 0. The van der Waals surface area contributed by atoms with Gasteiger partial charge in [0.1, 0.15) is 18.2 Å². The molecule has 6 nitrogen and oxygen atoms in total. The number of aromatic nitrogens is 2. The molecular weight excluding hydrogens is 256 g/mol. The molecule has 2 heterocycles. The first-order valence-electron chi connectivity index (χ1n) is 7.06. The van der Waals surface area contributed by atoms with Gasteiger partial charge in [0.25, 0.3) is 0 Å². The van der Waals surface area contributed by atoms with E-state index in [1.165, 1.54) is 0 Å². The standard InChI is InChI=1S/C14H24N4O2/c1-15-12-8-14(17-13(16-12)10-19-3)18(2)9-11-4-6-20-7-5-11/h8,11H,4-7,9-10H2,1-3H3,(H,15,16,17). The summed E-state index contributed by atoms with van der Waals surface area (Å²) in [6.45, 7) is 3.17. The van der Waals surface area contributed by atoms with E-state index in [-0.39, 0.29) is 0 Å². The minimum Gasteiger partial charge on any atom is -0.381 e. The lowest BCUT2D eigenvalue weighted by Gasteiger charge is -2.28. The largest absolute Gasteiger partial charge is 0.381 e. The van der Waals surface area contributed by atoms with Gasteiger partial charge in [-0.3, -0.25) is 0 Å². The highest BCUT2D eigenvalue weighted by Gasteiger charge is 2.17. The van der Waals surface area contributed by atoms with Crippen LogP contribution < -0.4 is 10.2 Å². The van der Waals surface area contributed by atoms with Gasteiger partial charge in [-0.2, -0.15) is 0 Å². The fourth-order valence-corrected chi connectivity index (χ4v) is 2.41. The van der Waals surface area contributed by atoms with Crippen LogP contribution in [0, 0.1) is 5.92 Å². The molecule has 0 atom stereocenters. The van der Waals surface area contributed by atoms with E-state index >= 15 is 0 Å². The van der Waals surface area contributed by atoms with Crippen LogP contribution in [0.5, 0.6) is 0 Å². The zero-order valence-corrected chi connectivity index (χ0v) is 12.6. The van der Waals surface area contributed by atoms with Crippen LogP contribution in [-0.4, -0.2) is 50.9 Å². The molecule has 1 aliphatic rings. The number of ether oxygens (including phenoxy) is 2. The van der Waals surface area contributed by atoms with Crippen LogP contribution in [0.1, 0.15) is 18.7 Å². The summed E-state index contributed by atoms with van der Waals surface area (Å²) in [6, 6.07) is 1.97. The van der Waals surface area contributed by atoms with Gasteiger partial charge in [-0.15, -0.1) is 0 Å². The predicted octanol–water partition coefficient (Wildman–Crippen LogP) is 1.53. The van der Waals surface area contributed by atoms with Gasteiger partial charge in [-0.05, 0) is 18.8 Å². The van der Waals surface area contributed by atoms with Crippen molar-refractivity contribution in [3.63, 3.8) is 0 Å². The summed E-state index contributed by atoms with van der Waals surface area (Å²) >= 11 is 0. The number of methoxy groups -OCH3 is 1. The van der Waals surface area contributed by atoms with Gasteiger partial charge in [0.15, 0.2) is 5.82 Å². The van der Waals surface area contributed by atoms with E-state index in [1.54, 1.807) is 7.11 Å². The lowest BCUT2D eigenvalue weighted by atomic mass is 10.00. The second kappa shape index (κ2) is 7.40. The Hall–Kier alpha value is -1.40. The van der Waals surface area contributed by atoms with Crippen molar-refractivity contribution in [1.82, 2.24) is 9.97 Å². The quantitative estimate of drug-likeness (QED) is 0.852. The van der Waals surface area contributed by atoms with Gasteiger partial charge < -0.3 is 19.7 Å². The van der Waals surface area contributed by atoms with Crippen molar-refractivity contribution in [3.8, 4) is 0 Å². The van der Waals surface area contributed by atoms with E-state index in [4.69, 9.17) is 9.47 Å². The molecule has 1 aliphatic heterocycles. The molecule has 2 rings (SSSR count). The van der Waals surface area contributed by atoms with Crippen molar-refractivity contribution < 1.29 is 9.47 Å². The van der Waals surface area contributed by atoms with Gasteiger partial charge in [0, 0.05) is 47.0 Å². The Morgan fingerprint density at radius 2 is 2.15 bits per heavy atom. The monoisotopic (exact) mass is 280 g/mol. The molecule has 0 spiro atoms. The van der Waals surface area contributed by atoms with Gasteiger partial charge in [-0.1, -0.05) is 0 Å². The van der Waals surface area contributed by atoms with E-state index in [2.05, 4.69) is 27.2 Å². The van der Waals surface area contributed by atoms with Crippen LogP contribution in [-0.2, 0) is 16.1 Å². The fourth-order valence-electron chi connectivity index (χ4n) is 2.41. The van der Waals surface area contributed by atoms with Crippen molar-refractivity contribution in [2.45, 2.75) is 19.4 Å². The zero-order valence-electron chi connectivity index (χ0n) is 12.6. The molecule has 0 radical (unpaired) electrons. The van der Waals surface area contributed by atoms with E-state index in [0.29, 0.717) is 18.3 Å². The number of nitrogens with zero attached hydrogens (tertiary/aromatic N) is 3. The van der Waals surface area contributed by atoms with Crippen LogP contribution in [0.2, 0.25) is 0 Å². The lowest BCUT2D eigenvalue weighted by Crippen LogP contribution is -2.30. The van der Waals surface area contributed by atoms with Crippen molar-refractivity contribution in [2.24, 2.45) is 5.92 Å². The minimum absolute atomic E-state index is 0.424. The van der Waals surface area contributed by atoms with E-state index < -0.39 is 0 Å². The first kappa shape index (κ1) is 15.0. The molecular formula is C14H24N4O2. The predicted molar refractivity (Wildman–Crippen MR) is 79.1 cm³/mol. The molecule has 0 unspecified atom stereocenters. The maximum atomic E-state index is 5.40. The number of hydrogen-bond acceptors (Lipinski definition) is 6. The third-order valence-corrected chi connectivity index (χ3v) is 3.55. The molecule has 0 aliphatic carbocycles. The summed E-state index contributed by atoms with van der Waals surface area (Å²) in [5, 5.41) is 3.07. The first-order chi connectivity index (χ1) is 9.72. The van der Waals surface area contributed by atoms with Crippen LogP contribution in [0.25, 0.3) is 0 Å². The maximum absolute atomic E-state index is 5.40. The summed E-state index contributed by atoms with van der Waals surface area (Å²) in [7, 11) is 5.59. The smallest absolute Gasteiger partial charge is 0.158 e. The molecule has 6 heteroatoms. The maximum Gasteiger partial charge on any atom is 0.158 e. The average Bonchev–Trinajstić information content (AvgIpc) is 2.48. The van der Waals surface area contributed by atoms with Crippen LogP contribution in [0.15, 0.2) is 6.07 Å². The van der Waals surface area contributed by atoms with Gasteiger partial charge in [0.2, 0.25) is 0 Å². The third kappa shape index (κ3) is 4.05. The van der Waals surface area contributed by atoms with Gasteiger partial charge in [0.05, 0.1) is 0 Å². The minimum atomic E-state index is 0.424. The molecule has 0 amide bonds. The van der Waals surface area contributed by atoms with E-state index in [1.807, 2.05) is 13.1 Å². The molecule has 1 N–H and O–H groups in total. The van der Waals surface area contributed by atoms with Crippen molar-refractivity contribution >= 4 is 11.6 Å². The number of hydrogen-bond donors (Lipinski definition) is 1. The van der Waals surface area contributed by atoms with Crippen molar-refractivity contribution in [3.05, 3.63) is 11.9 Å². The Morgan fingerprint density at radius 3 is 2.80 bits per heavy atom. The lowest BCUT2D eigenvalue weighted by molar-refractivity contribution is 0.0685. The highest BCUT2D eigenvalue weighted by molar-refractivity contribution is 5.48. The SMILES string of the molecule is CNc1cc(N(C)CC2CCOCC2)nc(COC)n1. The average molecular weight is 280 g/mol. The Morgan fingerprint density at radius 1 is 1.40 bits per heavy atom. The summed E-state index contributed by atoms with van der Waals surface area (Å²) < 4.78 is 10.5. The topological polar surface area (TPSA) is 59.5 Å². The molecule has 1 aromatic heterocycles. The highest BCUT2D eigenvalue weighted by atomic mass is 16.5. The molecule has 20 heavy (non-hydrogen) atoms. The molecule has 0 saturated carbocycles. The summed E-state index contributed by atoms with van der Waals surface area (Å²) in [5.74, 6) is 3.13. The van der Waals surface area contributed by atoms with E-state index in [9.17, 15) is 0 Å². The number of anilines is 2. The van der Waals surface area contributed by atoms with Crippen molar-refractivity contribution in [1.29, 1.82) is 0 Å². The van der Waals surface area contributed by atoms with Crippen LogP contribution >= 0.6 is 0 Å². The molecule has 1 saturated heterocycles. The normalized spacial score (nSPS) is 16.1. The number of rotatable bonds is 6.